The summed E-state index contributed by atoms with van der Waals surface area (Å²) in [6.45, 7) is 8.40. The number of fused-ring (bicyclic) bond motifs is 1. The van der Waals surface area contributed by atoms with Crippen LogP contribution in [0, 0.1) is 5.41 Å². The van der Waals surface area contributed by atoms with E-state index in [0.29, 0.717) is 0 Å². The molecule has 1 nitrogen and oxygen atoms in total. The summed E-state index contributed by atoms with van der Waals surface area (Å²) in [6.07, 6.45) is 10.7. The summed E-state index contributed by atoms with van der Waals surface area (Å²) in [5.74, 6) is 0. The highest BCUT2D eigenvalue weighted by molar-refractivity contribution is 5.66. The van der Waals surface area contributed by atoms with Crippen LogP contribution in [0.3, 0.4) is 0 Å². The summed E-state index contributed by atoms with van der Waals surface area (Å²) in [7, 11) is 0. The molecule has 0 atom stereocenters. The first-order valence-corrected chi connectivity index (χ1v) is 5.23. The van der Waals surface area contributed by atoms with Crippen LogP contribution in [-0.2, 0) is 0 Å². The second-order valence-corrected chi connectivity index (χ2v) is 3.83. The largest absolute Gasteiger partial charge is 0.361 e. The highest BCUT2D eigenvalue weighted by Crippen LogP contribution is 2.26. The van der Waals surface area contributed by atoms with Crippen molar-refractivity contribution in [3.63, 3.8) is 0 Å². The molecule has 0 spiro atoms. The number of H-pyrrole nitrogens is 1. The fourth-order valence-electron chi connectivity index (χ4n) is 1.34. The maximum Gasteiger partial charge on any atom is 0.0450 e. The van der Waals surface area contributed by atoms with Gasteiger partial charge < -0.3 is 4.98 Å². The average Bonchev–Trinajstić information content (AvgIpc) is 2.58. The molecule has 0 aromatic carbocycles. The molecule has 1 heteroatoms. The van der Waals surface area contributed by atoms with E-state index < -0.39 is 0 Å². The zero-order valence-corrected chi connectivity index (χ0v) is 9.46. The second kappa shape index (κ2) is 4.32. The summed E-state index contributed by atoms with van der Waals surface area (Å²) >= 11 is 0. The van der Waals surface area contributed by atoms with Crippen molar-refractivity contribution in [2.75, 3.05) is 0 Å². The van der Waals surface area contributed by atoms with Crippen molar-refractivity contribution in [1.82, 2.24) is 4.98 Å². The maximum absolute atomic E-state index is 3.20. The van der Waals surface area contributed by atoms with Crippen LogP contribution in [0.2, 0.25) is 0 Å². The number of allylic oxidation sites excluding steroid dienone is 2. The molecule has 1 N–H and O–H groups in total. The first-order valence-electron chi connectivity index (χ1n) is 5.23. The Bertz CT molecular complexity index is 309. The van der Waals surface area contributed by atoms with Gasteiger partial charge >= 0.3 is 0 Å². The third kappa shape index (κ3) is 2.38. The van der Waals surface area contributed by atoms with Crippen LogP contribution in [0.1, 0.15) is 39.0 Å². The number of rotatable bonds is 0. The van der Waals surface area contributed by atoms with Gasteiger partial charge in [0.2, 0.25) is 0 Å². The zero-order valence-electron chi connectivity index (χ0n) is 9.46. The Morgan fingerprint density at radius 1 is 1.07 bits per heavy atom. The van der Waals surface area contributed by atoms with E-state index in [2.05, 4.69) is 49.2 Å². The van der Waals surface area contributed by atoms with Crippen molar-refractivity contribution in [2.45, 2.75) is 27.7 Å². The molecule has 1 aromatic rings. The van der Waals surface area contributed by atoms with Crippen LogP contribution in [0.15, 0.2) is 24.4 Å². The smallest absolute Gasteiger partial charge is 0.0450 e. The molecule has 76 valence electrons. The number of aromatic amines is 1. The maximum atomic E-state index is 3.20. The SMILES string of the molecule is CC.CC1(C)C=Cc2cc[nH]c2C=C1. The van der Waals surface area contributed by atoms with Crippen LogP contribution >= 0.6 is 0 Å². The Kier molecular flexibility index (Phi) is 3.34. The average molecular weight is 189 g/mol. The van der Waals surface area contributed by atoms with E-state index in [1.165, 1.54) is 11.3 Å². The number of aromatic nitrogens is 1. The highest BCUT2D eigenvalue weighted by atomic mass is 14.7. The molecular formula is C13H19N. The van der Waals surface area contributed by atoms with Gasteiger partial charge in [0.15, 0.2) is 0 Å². The molecule has 0 bridgehead atoms. The first-order chi connectivity index (χ1) is 6.67. The lowest BCUT2D eigenvalue weighted by molar-refractivity contribution is 0.633. The third-order valence-electron chi connectivity index (χ3n) is 2.18. The molecule has 0 amide bonds. The summed E-state index contributed by atoms with van der Waals surface area (Å²) in [4.78, 5) is 3.20. The van der Waals surface area contributed by atoms with Crippen LogP contribution in [0.5, 0.6) is 0 Å². The Hall–Kier alpha value is -1.24. The van der Waals surface area contributed by atoms with E-state index in [-0.39, 0.29) is 5.41 Å². The molecule has 14 heavy (non-hydrogen) atoms. The van der Waals surface area contributed by atoms with Gasteiger partial charge in [-0.2, -0.15) is 0 Å². The number of nitrogens with one attached hydrogen (secondary N) is 1. The predicted molar refractivity (Wildman–Crippen MR) is 64.0 cm³/mol. The van der Waals surface area contributed by atoms with Gasteiger partial charge in [-0.05, 0) is 17.7 Å². The molecule has 0 unspecified atom stereocenters. The number of hydrogen-bond donors (Lipinski definition) is 1. The van der Waals surface area contributed by atoms with E-state index in [1.807, 2.05) is 20.0 Å². The Morgan fingerprint density at radius 3 is 2.43 bits per heavy atom. The van der Waals surface area contributed by atoms with Crippen LogP contribution in [0.4, 0.5) is 0 Å². The van der Waals surface area contributed by atoms with Gasteiger partial charge in [0, 0.05) is 17.3 Å². The van der Waals surface area contributed by atoms with Crippen molar-refractivity contribution in [1.29, 1.82) is 0 Å². The van der Waals surface area contributed by atoms with Gasteiger partial charge in [-0.1, -0.05) is 45.9 Å². The lowest BCUT2D eigenvalue weighted by Gasteiger charge is -2.12. The van der Waals surface area contributed by atoms with Crippen molar-refractivity contribution in [3.8, 4) is 0 Å². The minimum atomic E-state index is 0.180. The van der Waals surface area contributed by atoms with Gasteiger partial charge in [-0.3, -0.25) is 0 Å². The quantitative estimate of drug-likeness (QED) is 0.632. The molecule has 0 saturated carbocycles. The topological polar surface area (TPSA) is 15.8 Å². The van der Waals surface area contributed by atoms with Crippen LogP contribution in [-0.4, -0.2) is 4.98 Å². The fourth-order valence-corrected chi connectivity index (χ4v) is 1.34. The van der Waals surface area contributed by atoms with Gasteiger partial charge in [0.05, 0.1) is 0 Å². The van der Waals surface area contributed by atoms with E-state index >= 15 is 0 Å². The standard InChI is InChI=1S/C11H13N.C2H6/c1-11(2)6-3-9-5-8-12-10(9)4-7-11;1-2/h3-8,12H,1-2H3;1-2H3. The summed E-state index contributed by atoms with van der Waals surface area (Å²) in [5.41, 5.74) is 2.66. The molecule has 0 radical (unpaired) electrons. The highest BCUT2D eigenvalue weighted by Gasteiger charge is 2.12. The first kappa shape index (κ1) is 10.8. The van der Waals surface area contributed by atoms with Crippen molar-refractivity contribution >= 4 is 12.2 Å². The van der Waals surface area contributed by atoms with Gasteiger partial charge in [-0.15, -0.1) is 0 Å². The zero-order chi connectivity index (χ0) is 10.6. The summed E-state index contributed by atoms with van der Waals surface area (Å²) in [6, 6.07) is 2.09. The van der Waals surface area contributed by atoms with Gasteiger partial charge in [-0.25, -0.2) is 0 Å². The second-order valence-electron chi connectivity index (χ2n) is 3.83. The van der Waals surface area contributed by atoms with E-state index in [4.69, 9.17) is 0 Å². The molecule has 0 saturated heterocycles. The van der Waals surface area contributed by atoms with E-state index in [9.17, 15) is 0 Å². The Labute approximate surface area is 86.5 Å². The Morgan fingerprint density at radius 2 is 1.71 bits per heavy atom. The summed E-state index contributed by atoms with van der Waals surface area (Å²) in [5, 5.41) is 0. The minimum absolute atomic E-state index is 0.180. The fraction of sp³-hybridized carbons (Fsp3) is 0.385. The number of hydrogen-bond acceptors (Lipinski definition) is 0. The minimum Gasteiger partial charge on any atom is -0.361 e. The van der Waals surface area contributed by atoms with Crippen molar-refractivity contribution < 1.29 is 0 Å². The monoisotopic (exact) mass is 189 g/mol. The van der Waals surface area contributed by atoms with Gasteiger partial charge in [0.25, 0.3) is 0 Å². The lowest BCUT2D eigenvalue weighted by atomic mass is 9.93. The molecule has 0 fully saturated rings. The van der Waals surface area contributed by atoms with Crippen LogP contribution < -0.4 is 0 Å². The van der Waals surface area contributed by atoms with E-state index in [1.54, 1.807) is 0 Å². The van der Waals surface area contributed by atoms with Crippen LogP contribution in [0.25, 0.3) is 12.2 Å². The third-order valence-corrected chi connectivity index (χ3v) is 2.18. The van der Waals surface area contributed by atoms with Crippen molar-refractivity contribution in [2.24, 2.45) is 5.41 Å². The van der Waals surface area contributed by atoms with Crippen molar-refractivity contribution in [3.05, 3.63) is 35.7 Å². The molecule has 1 aromatic heterocycles. The predicted octanol–water partition coefficient (Wildman–Crippen LogP) is 4.11. The molecule has 0 aliphatic heterocycles. The molecular weight excluding hydrogens is 170 g/mol. The lowest BCUT2D eigenvalue weighted by Crippen LogP contribution is -2.00. The Balaban J connectivity index is 0.000000461. The molecule has 1 aliphatic carbocycles. The normalized spacial score (nSPS) is 16.6. The molecule has 1 heterocycles. The molecule has 2 rings (SSSR count). The molecule has 1 aliphatic rings. The van der Waals surface area contributed by atoms with E-state index in [0.717, 1.165) is 0 Å². The summed E-state index contributed by atoms with van der Waals surface area (Å²) < 4.78 is 0. The van der Waals surface area contributed by atoms with Gasteiger partial charge in [0.1, 0.15) is 0 Å².